The zero-order chi connectivity index (χ0) is 17.4. The molecule has 2 heterocycles. The number of H-pyrrole nitrogens is 1. The van der Waals surface area contributed by atoms with E-state index in [0.29, 0.717) is 6.42 Å². The minimum Gasteiger partial charge on any atom is -0.411 e. The van der Waals surface area contributed by atoms with Crippen LogP contribution < -0.4 is 11.2 Å². The highest BCUT2D eigenvalue weighted by Crippen LogP contribution is 2.41. The van der Waals surface area contributed by atoms with Crippen LogP contribution in [-0.4, -0.2) is 30.1 Å². The molecule has 0 bridgehead atoms. The van der Waals surface area contributed by atoms with Crippen LogP contribution in [0.3, 0.4) is 0 Å². The number of ether oxygens (including phenoxy) is 1. The lowest BCUT2D eigenvalue weighted by atomic mass is 10.1. The Kier molecular flexibility index (Phi) is 5.03. The first kappa shape index (κ1) is 18.2. The molecule has 1 saturated heterocycles. The average Bonchev–Trinajstić information content (AvgIpc) is 2.79. The third kappa shape index (κ3) is 3.84. The van der Waals surface area contributed by atoms with Crippen molar-refractivity contribution in [3.63, 3.8) is 0 Å². The predicted molar refractivity (Wildman–Crippen MR) is 92.2 cm³/mol. The minimum absolute atomic E-state index is 0.0234. The largest absolute Gasteiger partial charge is 0.411 e. The van der Waals surface area contributed by atoms with E-state index in [2.05, 4.69) is 45.8 Å². The van der Waals surface area contributed by atoms with E-state index >= 15 is 0 Å². The zero-order valence-electron chi connectivity index (χ0n) is 14.9. The van der Waals surface area contributed by atoms with Crippen LogP contribution in [0.25, 0.3) is 0 Å². The van der Waals surface area contributed by atoms with Crippen LogP contribution in [0.15, 0.2) is 21.9 Å². The first-order chi connectivity index (χ1) is 10.5. The van der Waals surface area contributed by atoms with Crippen molar-refractivity contribution in [1.29, 1.82) is 0 Å². The van der Waals surface area contributed by atoms with Gasteiger partial charge in [-0.2, -0.15) is 0 Å². The molecule has 0 radical (unpaired) electrons. The molecule has 0 spiro atoms. The van der Waals surface area contributed by atoms with Gasteiger partial charge in [0.1, 0.15) is 6.23 Å². The van der Waals surface area contributed by atoms with Crippen molar-refractivity contribution in [3.05, 3.63) is 33.1 Å². The standard InChI is InChI=1S/C16H28N2O4Si/c1-7-11-12(22-23(5,6)16(2,3)4)10-14(21-11)18-9-8-13(19)17-15(18)20/h8-9,11-12,14H,7,10H2,1-6H3,(H,17,19,20)/t11-,12-,14-/m1/s1. The molecule has 7 heteroatoms. The van der Waals surface area contributed by atoms with Crippen LogP contribution in [0.2, 0.25) is 18.1 Å². The zero-order valence-corrected chi connectivity index (χ0v) is 15.9. The van der Waals surface area contributed by atoms with Gasteiger partial charge in [0.15, 0.2) is 8.32 Å². The quantitative estimate of drug-likeness (QED) is 0.855. The van der Waals surface area contributed by atoms with Gasteiger partial charge < -0.3 is 9.16 Å². The predicted octanol–water partition coefficient (Wildman–Crippen LogP) is 2.62. The van der Waals surface area contributed by atoms with E-state index in [1.807, 2.05) is 0 Å². The van der Waals surface area contributed by atoms with Crippen LogP contribution in [0.4, 0.5) is 0 Å². The fraction of sp³-hybridized carbons (Fsp3) is 0.750. The van der Waals surface area contributed by atoms with Gasteiger partial charge in [-0.15, -0.1) is 0 Å². The Morgan fingerprint density at radius 1 is 1.39 bits per heavy atom. The van der Waals surface area contributed by atoms with Crippen molar-refractivity contribution in [2.24, 2.45) is 0 Å². The van der Waals surface area contributed by atoms with Gasteiger partial charge in [-0.25, -0.2) is 4.79 Å². The highest BCUT2D eigenvalue weighted by atomic mass is 28.4. The maximum absolute atomic E-state index is 12.0. The van der Waals surface area contributed by atoms with E-state index in [1.165, 1.54) is 16.8 Å². The fourth-order valence-corrected chi connectivity index (χ4v) is 3.93. The SMILES string of the molecule is CC[C@H]1O[C@@H](n2ccc(=O)[nH]c2=O)C[C@H]1O[Si](C)(C)C(C)(C)C. The number of aromatic nitrogens is 2. The summed E-state index contributed by atoms with van der Waals surface area (Å²) in [5.41, 5.74) is -0.837. The summed E-state index contributed by atoms with van der Waals surface area (Å²) >= 11 is 0. The number of aromatic amines is 1. The Hall–Kier alpha value is -1.18. The van der Waals surface area contributed by atoms with E-state index in [0.717, 1.165) is 6.42 Å². The van der Waals surface area contributed by atoms with Crippen molar-refractivity contribution in [1.82, 2.24) is 9.55 Å². The summed E-state index contributed by atoms with van der Waals surface area (Å²) < 4.78 is 14.0. The molecule has 1 aliphatic heterocycles. The van der Waals surface area contributed by atoms with E-state index in [4.69, 9.17) is 9.16 Å². The summed E-state index contributed by atoms with van der Waals surface area (Å²) in [5.74, 6) is 0. The second-order valence-electron chi connectivity index (χ2n) is 7.71. The molecule has 1 aliphatic rings. The van der Waals surface area contributed by atoms with Gasteiger partial charge in [0, 0.05) is 18.7 Å². The smallest absolute Gasteiger partial charge is 0.330 e. The summed E-state index contributed by atoms with van der Waals surface area (Å²) in [5, 5.41) is 0.123. The van der Waals surface area contributed by atoms with Crippen LogP contribution >= 0.6 is 0 Å². The van der Waals surface area contributed by atoms with Gasteiger partial charge in [-0.3, -0.25) is 14.3 Å². The summed E-state index contributed by atoms with van der Waals surface area (Å²) in [7, 11) is -1.91. The second kappa shape index (κ2) is 6.37. The number of nitrogens with zero attached hydrogens (tertiary/aromatic N) is 1. The number of rotatable bonds is 4. The van der Waals surface area contributed by atoms with E-state index in [1.54, 1.807) is 0 Å². The second-order valence-corrected chi connectivity index (χ2v) is 12.5. The first-order valence-electron chi connectivity index (χ1n) is 8.20. The van der Waals surface area contributed by atoms with Crippen LogP contribution in [0.5, 0.6) is 0 Å². The summed E-state index contributed by atoms with van der Waals surface area (Å²) in [4.78, 5) is 25.5. The molecule has 1 aromatic heterocycles. The Morgan fingerprint density at radius 2 is 2.04 bits per heavy atom. The van der Waals surface area contributed by atoms with Gasteiger partial charge in [0.2, 0.25) is 0 Å². The molecule has 2 rings (SSSR count). The summed E-state index contributed by atoms with van der Waals surface area (Å²) in [6, 6.07) is 1.34. The Labute approximate surface area is 138 Å². The molecule has 0 unspecified atom stereocenters. The Balaban J connectivity index is 2.21. The van der Waals surface area contributed by atoms with Crippen molar-refractivity contribution < 1.29 is 9.16 Å². The lowest BCUT2D eigenvalue weighted by Crippen LogP contribution is -2.45. The maximum atomic E-state index is 12.0. The van der Waals surface area contributed by atoms with Crippen molar-refractivity contribution in [2.75, 3.05) is 0 Å². The molecular formula is C16H28N2O4Si. The highest BCUT2D eigenvalue weighted by Gasteiger charge is 2.44. The molecule has 6 nitrogen and oxygen atoms in total. The van der Waals surface area contributed by atoms with Gasteiger partial charge in [-0.1, -0.05) is 27.7 Å². The maximum Gasteiger partial charge on any atom is 0.330 e. The molecular weight excluding hydrogens is 312 g/mol. The molecule has 1 fully saturated rings. The van der Waals surface area contributed by atoms with Crippen molar-refractivity contribution >= 4 is 8.32 Å². The number of nitrogens with one attached hydrogen (secondary N) is 1. The molecule has 130 valence electrons. The molecule has 0 saturated carbocycles. The van der Waals surface area contributed by atoms with E-state index in [-0.39, 0.29) is 23.5 Å². The molecule has 3 atom stereocenters. The minimum atomic E-state index is -1.91. The molecule has 1 aromatic rings. The molecule has 23 heavy (non-hydrogen) atoms. The Bertz CT molecular complexity index is 659. The van der Waals surface area contributed by atoms with Gasteiger partial charge in [0.25, 0.3) is 5.56 Å². The molecule has 0 aromatic carbocycles. The highest BCUT2D eigenvalue weighted by molar-refractivity contribution is 6.74. The van der Waals surface area contributed by atoms with E-state index < -0.39 is 19.6 Å². The van der Waals surface area contributed by atoms with Gasteiger partial charge in [-0.05, 0) is 24.6 Å². The summed E-state index contributed by atoms with van der Waals surface area (Å²) in [6.45, 7) is 13.1. The van der Waals surface area contributed by atoms with Crippen molar-refractivity contribution in [2.45, 2.75) is 77.1 Å². The number of hydrogen-bond acceptors (Lipinski definition) is 4. The molecule has 1 N–H and O–H groups in total. The molecule has 0 amide bonds. The third-order valence-corrected chi connectivity index (χ3v) is 9.50. The first-order valence-corrected chi connectivity index (χ1v) is 11.1. The fourth-order valence-electron chi connectivity index (χ4n) is 2.57. The summed E-state index contributed by atoms with van der Waals surface area (Å²) in [6.07, 6.45) is 2.50. The van der Waals surface area contributed by atoms with Crippen LogP contribution in [-0.2, 0) is 9.16 Å². The average molecular weight is 340 g/mol. The van der Waals surface area contributed by atoms with Crippen LogP contribution in [0.1, 0.15) is 46.8 Å². The monoisotopic (exact) mass is 340 g/mol. The number of hydrogen-bond donors (Lipinski definition) is 1. The third-order valence-electron chi connectivity index (χ3n) is 5.00. The van der Waals surface area contributed by atoms with Gasteiger partial charge in [0.05, 0.1) is 12.2 Å². The van der Waals surface area contributed by atoms with Crippen LogP contribution in [0, 0.1) is 0 Å². The van der Waals surface area contributed by atoms with Gasteiger partial charge >= 0.3 is 5.69 Å². The van der Waals surface area contributed by atoms with E-state index in [9.17, 15) is 9.59 Å². The normalized spacial score (nSPS) is 25.7. The lowest BCUT2D eigenvalue weighted by molar-refractivity contribution is -0.0197. The lowest BCUT2D eigenvalue weighted by Gasteiger charge is -2.39. The molecule has 0 aliphatic carbocycles. The topological polar surface area (TPSA) is 73.3 Å². The Morgan fingerprint density at radius 3 is 2.57 bits per heavy atom. The van der Waals surface area contributed by atoms with Crippen molar-refractivity contribution in [3.8, 4) is 0 Å².